The quantitative estimate of drug-likeness (QED) is 0.835. The van der Waals surface area contributed by atoms with Crippen LogP contribution < -0.4 is 10.6 Å². The number of ether oxygens (including phenoxy) is 1. The number of pyridine rings is 1. The molecule has 4 nitrogen and oxygen atoms in total. The summed E-state index contributed by atoms with van der Waals surface area (Å²) in [7, 11) is 1.74. The summed E-state index contributed by atoms with van der Waals surface area (Å²) in [5.41, 5.74) is 1.07. The maximum absolute atomic E-state index is 5.05. The Labute approximate surface area is 104 Å². The van der Waals surface area contributed by atoms with Crippen LogP contribution in [-0.4, -0.2) is 31.3 Å². The van der Waals surface area contributed by atoms with E-state index in [1.807, 2.05) is 12.3 Å². The van der Waals surface area contributed by atoms with Crippen LogP contribution in [-0.2, 0) is 4.74 Å². The summed E-state index contributed by atoms with van der Waals surface area (Å²) >= 11 is 3.41. The Balaban J connectivity index is 1.93. The summed E-state index contributed by atoms with van der Waals surface area (Å²) in [4.78, 5) is 4.35. The number of hydrogen-bond acceptors (Lipinski definition) is 4. The predicted octanol–water partition coefficient (Wildman–Crippen LogP) is 2.48. The molecule has 5 heteroatoms. The van der Waals surface area contributed by atoms with E-state index in [0.717, 1.165) is 42.0 Å². The Kier molecular flexibility index (Phi) is 4.01. The Hall–Kier alpha value is -0.810. The van der Waals surface area contributed by atoms with Crippen LogP contribution in [0.1, 0.15) is 12.8 Å². The van der Waals surface area contributed by atoms with Crippen molar-refractivity contribution in [2.24, 2.45) is 0 Å². The van der Waals surface area contributed by atoms with E-state index >= 15 is 0 Å². The first-order valence-corrected chi connectivity index (χ1v) is 6.24. The zero-order chi connectivity index (χ0) is 11.4. The summed E-state index contributed by atoms with van der Waals surface area (Å²) in [6, 6.07) is 2.48. The zero-order valence-corrected chi connectivity index (χ0v) is 10.9. The zero-order valence-electron chi connectivity index (χ0n) is 9.29. The van der Waals surface area contributed by atoms with Gasteiger partial charge in [0.1, 0.15) is 5.82 Å². The van der Waals surface area contributed by atoms with Gasteiger partial charge in [0.15, 0.2) is 0 Å². The average Bonchev–Trinajstić information content (AvgIpc) is 2.29. The van der Waals surface area contributed by atoms with Crippen molar-refractivity contribution in [3.63, 3.8) is 0 Å². The van der Waals surface area contributed by atoms with Crippen molar-refractivity contribution in [2.75, 3.05) is 30.9 Å². The van der Waals surface area contributed by atoms with Crippen molar-refractivity contribution in [3.05, 3.63) is 16.7 Å². The smallest absolute Gasteiger partial charge is 0.149 e. The highest BCUT2D eigenvalue weighted by Crippen LogP contribution is 2.27. The molecule has 0 aliphatic carbocycles. The van der Waals surface area contributed by atoms with Gasteiger partial charge in [0.2, 0.25) is 0 Å². The molecule has 0 amide bonds. The SMILES string of the molecule is COCCCC1CNc2cc(Br)cnc2N1. The van der Waals surface area contributed by atoms with Crippen molar-refractivity contribution >= 4 is 27.4 Å². The monoisotopic (exact) mass is 285 g/mol. The molecule has 1 atom stereocenters. The number of rotatable bonds is 4. The van der Waals surface area contributed by atoms with Crippen molar-refractivity contribution in [3.8, 4) is 0 Å². The minimum Gasteiger partial charge on any atom is -0.385 e. The molecule has 1 aromatic heterocycles. The lowest BCUT2D eigenvalue weighted by atomic mass is 10.1. The fraction of sp³-hybridized carbons (Fsp3) is 0.545. The predicted molar refractivity (Wildman–Crippen MR) is 68.9 cm³/mol. The van der Waals surface area contributed by atoms with E-state index in [9.17, 15) is 0 Å². The molecule has 16 heavy (non-hydrogen) atoms. The van der Waals surface area contributed by atoms with Crippen LogP contribution in [0.3, 0.4) is 0 Å². The molecule has 0 bridgehead atoms. The number of fused-ring (bicyclic) bond motifs is 1. The molecule has 0 spiro atoms. The molecule has 2 heterocycles. The molecule has 2 N–H and O–H groups in total. The number of halogens is 1. The van der Waals surface area contributed by atoms with Gasteiger partial charge in [0, 0.05) is 37.0 Å². The molecule has 1 aliphatic heterocycles. The normalized spacial score (nSPS) is 18.5. The Morgan fingerprint density at radius 3 is 3.31 bits per heavy atom. The molecule has 0 aromatic carbocycles. The van der Waals surface area contributed by atoms with E-state index in [1.54, 1.807) is 7.11 Å². The number of methoxy groups -OCH3 is 1. The summed E-state index contributed by atoms with van der Waals surface area (Å²) in [5.74, 6) is 0.942. The molecule has 0 fully saturated rings. The molecule has 1 unspecified atom stereocenters. The van der Waals surface area contributed by atoms with E-state index in [-0.39, 0.29) is 0 Å². The summed E-state index contributed by atoms with van der Waals surface area (Å²) < 4.78 is 6.05. The van der Waals surface area contributed by atoms with Crippen LogP contribution >= 0.6 is 15.9 Å². The third-order valence-electron chi connectivity index (χ3n) is 2.64. The lowest BCUT2D eigenvalue weighted by Gasteiger charge is -2.27. The number of aromatic nitrogens is 1. The van der Waals surface area contributed by atoms with Crippen molar-refractivity contribution in [1.82, 2.24) is 4.98 Å². The van der Waals surface area contributed by atoms with E-state index in [1.165, 1.54) is 0 Å². The molecule has 1 aliphatic rings. The fourth-order valence-corrected chi connectivity index (χ4v) is 2.15. The van der Waals surface area contributed by atoms with E-state index in [0.29, 0.717) is 6.04 Å². The maximum Gasteiger partial charge on any atom is 0.149 e. The Bertz CT molecular complexity index is 359. The molecular formula is C11H16BrN3O. The van der Waals surface area contributed by atoms with E-state index < -0.39 is 0 Å². The number of nitrogens with one attached hydrogen (secondary N) is 2. The van der Waals surface area contributed by atoms with Gasteiger partial charge in [-0.15, -0.1) is 0 Å². The number of nitrogens with zero attached hydrogens (tertiary/aromatic N) is 1. The van der Waals surface area contributed by atoms with Crippen LogP contribution in [0, 0.1) is 0 Å². The first-order chi connectivity index (χ1) is 7.79. The minimum atomic E-state index is 0.441. The van der Waals surface area contributed by atoms with E-state index in [4.69, 9.17) is 4.74 Å². The summed E-state index contributed by atoms with van der Waals surface area (Å²) in [5, 5.41) is 6.82. The van der Waals surface area contributed by atoms with Crippen LogP contribution in [0.25, 0.3) is 0 Å². The van der Waals surface area contributed by atoms with Gasteiger partial charge in [-0.25, -0.2) is 4.98 Å². The third kappa shape index (κ3) is 2.86. The second-order valence-corrected chi connectivity index (χ2v) is 4.82. The van der Waals surface area contributed by atoms with E-state index in [2.05, 4.69) is 31.5 Å². The first kappa shape index (κ1) is 11.7. The van der Waals surface area contributed by atoms with Crippen molar-refractivity contribution in [1.29, 1.82) is 0 Å². The highest BCUT2D eigenvalue weighted by Gasteiger charge is 2.17. The van der Waals surface area contributed by atoms with Crippen LogP contribution in [0.4, 0.5) is 11.5 Å². The standard InChI is InChI=1S/C11H16BrN3O/c1-16-4-2-3-9-7-13-10-5-8(12)6-14-11(10)15-9/h5-6,9,13H,2-4,7H2,1H3,(H,14,15). The lowest BCUT2D eigenvalue weighted by Crippen LogP contribution is -2.33. The Morgan fingerprint density at radius 2 is 2.50 bits per heavy atom. The molecular weight excluding hydrogens is 270 g/mol. The molecule has 2 rings (SSSR count). The van der Waals surface area contributed by atoms with Crippen LogP contribution in [0.15, 0.2) is 16.7 Å². The first-order valence-electron chi connectivity index (χ1n) is 5.44. The van der Waals surface area contributed by atoms with Gasteiger partial charge in [-0.1, -0.05) is 0 Å². The van der Waals surface area contributed by atoms with Gasteiger partial charge in [-0.3, -0.25) is 0 Å². The van der Waals surface area contributed by atoms with Crippen molar-refractivity contribution < 1.29 is 4.74 Å². The highest BCUT2D eigenvalue weighted by molar-refractivity contribution is 9.10. The molecule has 0 radical (unpaired) electrons. The van der Waals surface area contributed by atoms with Gasteiger partial charge in [0.05, 0.1) is 5.69 Å². The van der Waals surface area contributed by atoms with Gasteiger partial charge in [-0.05, 0) is 34.8 Å². The highest BCUT2D eigenvalue weighted by atomic mass is 79.9. The molecule has 0 saturated carbocycles. The maximum atomic E-state index is 5.05. The fourth-order valence-electron chi connectivity index (χ4n) is 1.81. The number of anilines is 2. The van der Waals surface area contributed by atoms with Gasteiger partial charge in [-0.2, -0.15) is 0 Å². The van der Waals surface area contributed by atoms with Crippen molar-refractivity contribution in [2.45, 2.75) is 18.9 Å². The van der Waals surface area contributed by atoms with Crippen LogP contribution in [0.2, 0.25) is 0 Å². The second kappa shape index (κ2) is 5.50. The second-order valence-electron chi connectivity index (χ2n) is 3.91. The summed E-state index contributed by atoms with van der Waals surface area (Å²) in [6.07, 6.45) is 3.98. The summed E-state index contributed by atoms with van der Waals surface area (Å²) in [6.45, 7) is 1.76. The van der Waals surface area contributed by atoms with Gasteiger partial charge >= 0.3 is 0 Å². The largest absolute Gasteiger partial charge is 0.385 e. The molecule has 1 aromatic rings. The molecule has 0 saturated heterocycles. The lowest BCUT2D eigenvalue weighted by molar-refractivity contribution is 0.191. The van der Waals surface area contributed by atoms with Crippen LogP contribution in [0.5, 0.6) is 0 Å². The minimum absolute atomic E-state index is 0.441. The topological polar surface area (TPSA) is 46.2 Å². The Morgan fingerprint density at radius 1 is 1.62 bits per heavy atom. The molecule has 88 valence electrons. The average molecular weight is 286 g/mol. The van der Waals surface area contributed by atoms with Gasteiger partial charge in [0.25, 0.3) is 0 Å². The van der Waals surface area contributed by atoms with Gasteiger partial charge < -0.3 is 15.4 Å². The number of hydrogen-bond donors (Lipinski definition) is 2. The third-order valence-corrected chi connectivity index (χ3v) is 3.07.